The standard InChI is InChI=1S/C27H22ClNO4/c1-3-29-15-18(22-13-19(31-2)9-11-24(22)29)12-26-27(30)21-10-8-20(14-25(21)33-26)32-16-17-6-4-5-7-23(17)28/h4-15H,3,16H2,1-2H3. The predicted octanol–water partition coefficient (Wildman–Crippen LogP) is 6.52. The SMILES string of the molecule is CCn1cc(C=C2Oc3cc(OCc4ccccc4Cl)ccc3C2=O)c2cc(OC)ccc21. The smallest absolute Gasteiger partial charge is 0.231 e. The van der Waals surface area contributed by atoms with Crippen LogP contribution >= 0.6 is 11.6 Å². The molecule has 1 aromatic heterocycles. The normalized spacial score (nSPS) is 13.9. The van der Waals surface area contributed by atoms with Gasteiger partial charge in [0.1, 0.15) is 23.9 Å². The maximum Gasteiger partial charge on any atom is 0.231 e. The second-order valence-corrected chi connectivity index (χ2v) is 8.14. The fourth-order valence-electron chi connectivity index (χ4n) is 3.98. The molecule has 0 saturated carbocycles. The third-order valence-electron chi connectivity index (χ3n) is 5.74. The highest BCUT2D eigenvalue weighted by atomic mass is 35.5. The Balaban J connectivity index is 1.42. The lowest BCUT2D eigenvalue weighted by Crippen LogP contribution is -1.98. The summed E-state index contributed by atoms with van der Waals surface area (Å²) in [5.74, 6) is 1.99. The van der Waals surface area contributed by atoms with E-state index in [4.69, 9.17) is 25.8 Å². The Morgan fingerprint density at radius 2 is 1.88 bits per heavy atom. The number of hydrogen-bond donors (Lipinski definition) is 0. The summed E-state index contributed by atoms with van der Waals surface area (Å²) >= 11 is 6.21. The van der Waals surface area contributed by atoms with Crippen molar-refractivity contribution in [2.45, 2.75) is 20.1 Å². The summed E-state index contributed by atoms with van der Waals surface area (Å²) in [7, 11) is 1.64. The summed E-state index contributed by atoms with van der Waals surface area (Å²) in [4.78, 5) is 13.0. The molecule has 166 valence electrons. The van der Waals surface area contributed by atoms with Gasteiger partial charge in [-0.15, -0.1) is 0 Å². The minimum absolute atomic E-state index is 0.150. The zero-order valence-corrected chi connectivity index (χ0v) is 19.1. The van der Waals surface area contributed by atoms with Gasteiger partial charge in [-0.1, -0.05) is 29.8 Å². The topological polar surface area (TPSA) is 49.7 Å². The number of aromatic nitrogens is 1. The van der Waals surface area contributed by atoms with Gasteiger partial charge in [0, 0.05) is 45.9 Å². The van der Waals surface area contributed by atoms with Crippen molar-refractivity contribution < 1.29 is 19.0 Å². The largest absolute Gasteiger partial charge is 0.497 e. The average Bonchev–Trinajstić information content (AvgIpc) is 3.35. The monoisotopic (exact) mass is 459 g/mol. The van der Waals surface area contributed by atoms with E-state index < -0.39 is 0 Å². The third kappa shape index (κ3) is 3.96. The number of fused-ring (bicyclic) bond motifs is 2. The van der Waals surface area contributed by atoms with Crippen molar-refractivity contribution in [3.05, 3.63) is 94.3 Å². The zero-order chi connectivity index (χ0) is 22.9. The van der Waals surface area contributed by atoms with E-state index in [1.807, 2.05) is 48.7 Å². The highest BCUT2D eigenvalue weighted by Gasteiger charge is 2.28. The molecular weight excluding hydrogens is 438 g/mol. The lowest BCUT2D eigenvalue weighted by Gasteiger charge is -2.08. The highest BCUT2D eigenvalue weighted by Crippen LogP contribution is 2.36. The number of rotatable bonds is 6. The Bertz CT molecular complexity index is 1400. The van der Waals surface area contributed by atoms with Crippen LogP contribution in [0.4, 0.5) is 0 Å². The Hall–Kier alpha value is -3.70. The van der Waals surface area contributed by atoms with Gasteiger partial charge in [-0.25, -0.2) is 0 Å². The first-order valence-corrected chi connectivity index (χ1v) is 11.1. The molecule has 0 fully saturated rings. The lowest BCUT2D eigenvalue weighted by molar-refractivity contribution is 0.101. The molecular formula is C27H22ClNO4. The second kappa shape index (κ2) is 8.68. The Kier molecular flexibility index (Phi) is 5.56. The predicted molar refractivity (Wildman–Crippen MR) is 129 cm³/mol. The van der Waals surface area contributed by atoms with Gasteiger partial charge in [0.25, 0.3) is 0 Å². The Morgan fingerprint density at radius 1 is 1.06 bits per heavy atom. The molecule has 6 heteroatoms. The number of nitrogens with zero attached hydrogens (tertiary/aromatic N) is 1. The molecule has 0 spiro atoms. The molecule has 2 heterocycles. The van der Waals surface area contributed by atoms with Crippen molar-refractivity contribution in [2.75, 3.05) is 7.11 Å². The molecule has 1 aliphatic heterocycles. The number of aryl methyl sites for hydroxylation is 1. The fraction of sp³-hybridized carbons (Fsp3) is 0.148. The molecule has 0 amide bonds. The molecule has 3 aromatic carbocycles. The average molecular weight is 460 g/mol. The summed E-state index contributed by atoms with van der Waals surface area (Å²) in [6.45, 7) is 3.22. The Labute approximate surface area is 196 Å². The molecule has 0 atom stereocenters. The third-order valence-corrected chi connectivity index (χ3v) is 6.11. The molecule has 33 heavy (non-hydrogen) atoms. The van der Waals surface area contributed by atoms with Crippen LogP contribution in [0, 0.1) is 0 Å². The maximum atomic E-state index is 13.0. The van der Waals surface area contributed by atoms with E-state index in [-0.39, 0.29) is 11.5 Å². The summed E-state index contributed by atoms with van der Waals surface area (Å²) in [6, 6.07) is 18.7. The minimum Gasteiger partial charge on any atom is -0.497 e. The van der Waals surface area contributed by atoms with Gasteiger partial charge in [0.15, 0.2) is 5.76 Å². The Morgan fingerprint density at radius 3 is 2.67 bits per heavy atom. The lowest BCUT2D eigenvalue weighted by atomic mass is 10.1. The van der Waals surface area contributed by atoms with Gasteiger partial charge in [0.2, 0.25) is 5.78 Å². The van der Waals surface area contributed by atoms with Crippen molar-refractivity contribution in [2.24, 2.45) is 0 Å². The summed E-state index contributed by atoms with van der Waals surface area (Å²) in [5.41, 5.74) is 3.38. The van der Waals surface area contributed by atoms with Crippen LogP contribution in [0.15, 0.2) is 72.6 Å². The number of methoxy groups -OCH3 is 1. The highest BCUT2D eigenvalue weighted by molar-refractivity contribution is 6.31. The number of allylic oxidation sites excluding steroid dienone is 1. The molecule has 0 saturated heterocycles. The van der Waals surface area contributed by atoms with Gasteiger partial charge in [-0.2, -0.15) is 0 Å². The van der Waals surface area contributed by atoms with Crippen molar-refractivity contribution in [3.8, 4) is 17.2 Å². The van der Waals surface area contributed by atoms with Crippen LogP contribution in [0.2, 0.25) is 5.02 Å². The van der Waals surface area contributed by atoms with Crippen LogP contribution < -0.4 is 14.2 Å². The van der Waals surface area contributed by atoms with Crippen LogP contribution in [-0.2, 0) is 13.2 Å². The molecule has 0 radical (unpaired) electrons. The van der Waals surface area contributed by atoms with Crippen LogP contribution in [0.1, 0.15) is 28.4 Å². The number of ketones is 1. The number of carbonyl (C=O) groups excluding carboxylic acids is 1. The van der Waals surface area contributed by atoms with E-state index in [1.54, 1.807) is 31.4 Å². The van der Waals surface area contributed by atoms with E-state index in [1.165, 1.54) is 0 Å². The van der Waals surface area contributed by atoms with E-state index in [9.17, 15) is 4.79 Å². The van der Waals surface area contributed by atoms with E-state index in [0.29, 0.717) is 28.7 Å². The molecule has 0 bridgehead atoms. The first kappa shape index (κ1) is 21.2. The molecule has 4 aromatic rings. The molecule has 1 aliphatic rings. The van der Waals surface area contributed by atoms with E-state index >= 15 is 0 Å². The van der Waals surface area contributed by atoms with Crippen LogP contribution in [0.5, 0.6) is 17.2 Å². The molecule has 0 N–H and O–H groups in total. The summed E-state index contributed by atoms with van der Waals surface area (Å²) in [5, 5.41) is 1.65. The second-order valence-electron chi connectivity index (χ2n) is 7.73. The van der Waals surface area contributed by atoms with E-state index in [2.05, 4.69) is 11.5 Å². The van der Waals surface area contributed by atoms with Gasteiger partial charge in [0.05, 0.1) is 12.7 Å². The summed E-state index contributed by atoms with van der Waals surface area (Å²) in [6.07, 6.45) is 3.81. The van der Waals surface area contributed by atoms with Crippen molar-refractivity contribution in [3.63, 3.8) is 0 Å². The van der Waals surface area contributed by atoms with Gasteiger partial charge in [-0.3, -0.25) is 4.79 Å². The first-order valence-electron chi connectivity index (χ1n) is 10.7. The number of hydrogen-bond acceptors (Lipinski definition) is 4. The van der Waals surface area contributed by atoms with Crippen molar-refractivity contribution in [1.82, 2.24) is 4.57 Å². The van der Waals surface area contributed by atoms with Crippen molar-refractivity contribution in [1.29, 1.82) is 0 Å². The number of halogens is 1. The molecule has 0 unspecified atom stereocenters. The maximum absolute atomic E-state index is 13.0. The summed E-state index contributed by atoms with van der Waals surface area (Å²) < 4.78 is 19.3. The number of ether oxygens (including phenoxy) is 3. The zero-order valence-electron chi connectivity index (χ0n) is 18.3. The molecule has 5 rings (SSSR count). The van der Waals surface area contributed by atoms with E-state index in [0.717, 1.165) is 34.3 Å². The van der Waals surface area contributed by atoms with Gasteiger partial charge >= 0.3 is 0 Å². The van der Waals surface area contributed by atoms with Crippen LogP contribution in [0.25, 0.3) is 17.0 Å². The fourth-order valence-corrected chi connectivity index (χ4v) is 4.17. The van der Waals surface area contributed by atoms with Gasteiger partial charge < -0.3 is 18.8 Å². The number of benzene rings is 3. The van der Waals surface area contributed by atoms with Crippen LogP contribution in [0.3, 0.4) is 0 Å². The number of carbonyl (C=O) groups is 1. The quantitative estimate of drug-likeness (QED) is 0.308. The molecule has 5 nitrogen and oxygen atoms in total. The number of Topliss-reactive ketones (excluding diaryl/α,β-unsaturated/α-hetero) is 1. The first-order chi connectivity index (χ1) is 16.1. The molecule has 0 aliphatic carbocycles. The van der Waals surface area contributed by atoms with Gasteiger partial charge in [-0.05, 0) is 49.4 Å². The van der Waals surface area contributed by atoms with Crippen molar-refractivity contribution >= 4 is 34.4 Å². The minimum atomic E-state index is -0.150. The van der Waals surface area contributed by atoms with Crippen LogP contribution in [-0.4, -0.2) is 17.5 Å².